The number of nitrogens with zero attached hydrogens (tertiary/aromatic N) is 1. The molecular formula is C17H16N2O3S2. The number of nitrogens with one attached hydrogen (secondary N) is 1. The smallest absolute Gasteiger partial charge is 0.216 e. The number of benzene rings is 2. The van der Waals surface area contributed by atoms with Crippen molar-refractivity contribution in [2.75, 3.05) is 0 Å². The maximum atomic E-state index is 12.1. The summed E-state index contributed by atoms with van der Waals surface area (Å²) >= 11 is 1.40. The Morgan fingerprint density at radius 3 is 2.46 bits per heavy atom. The van der Waals surface area contributed by atoms with Gasteiger partial charge in [-0.25, -0.2) is 18.1 Å². The Morgan fingerprint density at radius 1 is 1.04 bits per heavy atom. The van der Waals surface area contributed by atoms with Crippen LogP contribution < -0.4 is 4.72 Å². The van der Waals surface area contributed by atoms with E-state index in [1.165, 1.54) is 11.3 Å². The second-order valence-corrected chi connectivity index (χ2v) is 7.99. The molecule has 0 amide bonds. The highest BCUT2D eigenvalue weighted by molar-refractivity contribution is 7.88. The molecular weight excluding hydrogens is 344 g/mol. The van der Waals surface area contributed by atoms with E-state index in [0.29, 0.717) is 5.01 Å². The van der Waals surface area contributed by atoms with E-state index in [0.717, 1.165) is 16.8 Å². The van der Waals surface area contributed by atoms with E-state index in [4.69, 9.17) is 0 Å². The molecule has 5 nitrogen and oxygen atoms in total. The van der Waals surface area contributed by atoms with Crippen molar-refractivity contribution in [1.29, 1.82) is 0 Å². The first-order valence-corrected chi connectivity index (χ1v) is 9.80. The van der Waals surface area contributed by atoms with Crippen LogP contribution in [-0.4, -0.2) is 18.5 Å². The summed E-state index contributed by atoms with van der Waals surface area (Å²) in [6.45, 7) is 0.165. The average molecular weight is 360 g/mol. The Morgan fingerprint density at radius 2 is 1.75 bits per heavy atom. The first-order chi connectivity index (χ1) is 11.5. The van der Waals surface area contributed by atoms with Crippen LogP contribution in [-0.2, 0) is 22.3 Å². The number of phenolic OH excluding ortho intramolecular Hbond substituents is 1. The van der Waals surface area contributed by atoms with Crippen molar-refractivity contribution in [1.82, 2.24) is 9.71 Å². The van der Waals surface area contributed by atoms with Crippen LogP contribution in [0.1, 0.15) is 10.6 Å². The minimum atomic E-state index is -3.41. The first-order valence-electron chi connectivity index (χ1n) is 7.27. The predicted molar refractivity (Wildman–Crippen MR) is 95.1 cm³/mol. The maximum absolute atomic E-state index is 12.1. The summed E-state index contributed by atoms with van der Waals surface area (Å²) in [5.74, 6) is 0.146. The Hall–Kier alpha value is -2.22. The molecule has 0 fully saturated rings. The van der Waals surface area contributed by atoms with Gasteiger partial charge in [0.05, 0.1) is 18.0 Å². The molecule has 24 heavy (non-hydrogen) atoms. The monoisotopic (exact) mass is 360 g/mol. The van der Waals surface area contributed by atoms with Gasteiger partial charge in [0.1, 0.15) is 10.8 Å². The molecule has 2 N–H and O–H groups in total. The molecule has 3 rings (SSSR count). The molecule has 0 aliphatic carbocycles. The SMILES string of the molecule is O=S(=O)(Cc1ccccc1)NCc1nc(-c2ccc(O)cc2)cs1. The third-order valence-electron chi connectivity index (χ3n) is 3.36. The molecule has 0 saturated carbocycles. The number of sulfonamides is 1. The lowest BCUT2D eigenvalue weighted by molar-refractivity contribution is 0.475. The largest absolute Gasteiger partial charge is 0.508 e. The molecule has 0 aliphatic heterocycles. The molecule has 0 saturated heterocycles. The van der Waals surface area contributed by atoms with Crippen molar-refractivity contribution < 1.29 is 13.5 Å². The quantitative estimate of drug-likeness (QED) is 0.708. The fraction of sp³-hybridized carbons (Fsp3) is 0.118. The van der Waals surface area contributed by atoms with Crippen molar-refractivity contribution in [2.24, 2.45) is 0 Å². The molecule has 1 aromatic heterocycles. The zero-order valence-electron chi connectivity index (χ0n) is 12.7. The summed E-state index contributed by atoms with van der Waals surface area (Å²) in [7, 11) is -3.41. The van der Waals surface area contributed by atoms with Crippen LogP contribution in [0.2, 0.25) is 0 Å². The Bertz CT molecular complexity index is 905. The van der Waals surface area contributed by atoms with Crippen LogP contribution in [0.4, 0.5) is 0 Å². The number of hydrogen-bond donors (Lipinski definition) is 2. The lowest BCUT2D eigenvalue weighted by Gasteiger charge is -2.05. The van der Waals surface area contributed by atoms with Crippen LogP contribution >= 0.6 is 11.3 Å². The lowest BCUT2D eigenvalue weighted by Crippen LogP contribution is -2.24. The number of rotatable bonds is 6. The summed E-state index contributed by atoms with van der Waals surface area (Å²) in [6, 6.07) is 15.8. The van der Waals surface area contributed by atoms with Crippen molar-refractivity contribution in [3.63, 3.8) is 0 Å². The molecule has 7 heteroatoms. The number of hydrogen-bond acceptors (Lipinski definition) is 5. The Kier molecular flexibility index (Phi) is 4.94. The molecule has 0 spiro atoms. The zero-order chi connectivity index (χ0) is 17.0. The summed E-state index contributed by atoms with van der Waals surface area (Å²) in [5, 5.41) is 11.9. The third-order valence-corrected chi connectivity index (χ3v) is 5.50. The van der Waals surface area contributed by atoms with E-state index >= 15 is 0 Å². The van der Waals surface area contributed by atoms with Gasteiger partial charge < -0.3 is 5.11 Å². The summed E-state index contributed by atoms with van der Waals surface area (Å²) in [4.78, 5) is 4.43. The Balaban J connectivity index is 1.63. The van der Waals surface area contributed by atoms with Crippen LogP contribution in [0, 0.1) is 0 Å². The highest BCUT2D eigenvalue weighted by Gasteiger charge is 2.13. The van der Waals surface area contributed by atoms with Crippen molar-refractivity contribution in [3.05, 3.63) is 70.5 Å². The molecule has 0 radical (unpaired) electrons. The highest BCUT2D eigenvalue weighted by atomic mass is 32.2. The van der Waals surface area contributed by atoms with Crippen LogP contribution in [0.5, 0.6) is 5.75 Å². The lowest BCUT2D eigenvalue weighted by atomic mass is 10.2. The van der Waals surface area contributed by atoms with Gasteiger partial charge in [0, 0.05) is 10.9 Å². The number of phenols is 1. The zero-order valence-corrected chi connectivity index (χ0v) is 14.3. The third kappa shape index (κ3) is 4.41. The fourth-order valence-corrected chi connectivity index (χ4v) is 4.10. The van der Waals surface area contributed by atoms with Crippen molar-refractivity contribution in [3.8, 4) is 17.0 Å². The summed E-state index contributed by atoms with van der Waals surface area (Å²) in [5.41, 5.74) is 2.38. The van der Waals surface area contributed by atoms with Gasteiger partial charge in [-0.2, -0.15) is 0 Å². The van der Waals surface area contributed by atoms with E-state index in [2.05, 4.69) is 9.71 Å². The van der Waals surface area contributed by atoms with Crippen LogP contribution in [0.3, 0.4) is 0 Å². The number of thiazole rings is 1. The van der Waals surface area contributed by atoms with E-state index in [9.17, 15) is 13.5 Å². The van der Waals surface area contributed by atoms with Gasteiger partial charge >= 0.3 is 0 Å². The van der Waals surface area contributed by atoms with Gasteiger partial charge in [0.25, 0.3) is 0 Å². The fourth-order valence-electron chi connectivity index (χ4n) is 2.17. The number of aromatic hydroxyl groups is 1. The minimum absolute atomic E-state index is 0.0516. The maximum Gasteiger partial charge on any atom is 0.216 e. The van der Waals surface area contributed by atoms with Gasteiger partial charge in [-0.1, -0.05) is 30.3 Å². The van der Waals surface area contributed by atoms with Crippen LogP contribution in [0.15, 0.2) is 60.0 Å². The summed E-state index contributed by atoms with van der Waals surface area (Å²) < 4.78 is 26.8. The number of aromatic nitrogens is 1. The molecule has 1 heterocycles. The standard InChI is InChI=1S/C17H16N2O3S2/c20-15-8-6-14(7-9-15)16-11-23-17(19-16)10-18-24(21,22)12-13-4-2-1-3-5-13/h1-9,11,18,20H,10,12H2. The first kappa shape index (κ1) is 16.6. The van der Waals surface area contributed by atoms with Crippen molar-refractivity contribution in [2.45, 2.75) is 12.3 Å². The van der Waals surface area contributed by atoms with Gasteiger partial charge in [0.2, 0.25) is 10.0 Å². The van der Waals surface area contributed by atoms with E-state index in [1.807, 2.05) is 23.6 Å². The summed E-state index contributed by atoms with van der Waals surface area (Å²) in [6.07, 6.45) is 0. The topological polar surface area (TPSA) is 79.3 Å². The molecule has 0 atom stereocenters. The highest BCUT2D eigenvalue weighted by Crippen LogP contribution is 2.23. The molecule has 2 aromatic carbocycles. The van der Waals surface area contributed by atoms with E-state index in [1.54, 1.807) is 36.4 Å². The predicted octanol–water partition coefficient (Wildman–Crippen LogP) is 3.14. The second-order valence-electron chi connectivity index (χ2n) is 5.24. The molecule has 0 aliphatic rings. The molecule has 0 bridgehead atoms. The normalized spacial score (nSPS) is 11.5. The van der Waals surface area contributed by atoms with E-state index in [-0.39, 0.29) is 18.0 Å². The second kappa shape index (κ2) is 7.12. The molecule has 124 valence electrons. The van der Waals surface area contributed by atoms with Gasteiger partial charge in [-0.05, 0) is 29.8 Å². The average Bonchev–Trinajstić information content (AvgIpc) is 3.03. The van der Waals surface area contributed by atoms with E-state index < -0.39 is 10.0 Å². The van der Waals surface area contributed by atoms with Gasteiger partial charge in [-0.3, -0.25) is 0 Å². The minimum Gasteiger partial charge on any atom is -0.508 e. The molecule has 3 aromatic rings. The Labute approximate surface area is 144 Å². The molecule has 0 unspecified atom stereocenters. The van der Waals surface area contributed by atoms with Gasteiger partial charge in [-0.15, -0.1) is 11.3 Å². The van der Waals surface area contributed by atoms with Crippen LogP contribution in [0.25, 0.3) is 11.3 Å². The van der Waals surface area contributed by atoms with Gasteiger partial charge in [0.15, 0.2) is 0 Å². The van der Waals surface area contributed by atoms with Crippen molar-refractivity contribution >= 4 is 21.4 Å².